The van der Waals surface area contributed by atoms with Gasteiger partial charge in [0, 0.05) is 0 Å². The van der Waals surface area contributed by atoms with Gasteiger partial charge in [0.05, 0.1) is 34.0 Å². The summed E-state index contributed by atoms with van der Waals surface area (Å²) < 4.78 is 5.42. The fourth-order valence-corrected chi connectivity index (χ4v) is 3.23. The summed E-state index contributed by atoms with van der Waals surface area (Å²) in [5, 5.41) is 3.00. The first-order valence-electron chi connectivity index (χ1n) is 10.2. The van der Waals surface area contributed by atoms with Crippen molar-refractivity contribution in [2.45, 2.75) is 52.7 Å². The van der Waals surface area contributed by atoms with Crippen molar-refractivity contribution in [3.63, 3.8) is 0 Å². The number of carbonyl (C=O) groups is 2. The van der Waals surface area contributed by atoms with Crippen molar-refractivity contribution < 1.29 is 14.3 Å². The fraction of sp³-hybridized carbons (Fsp3) is 0.333. The highest BCUT2D eigenvalue weighted by molar-refractivity contribution is 5.95. The van der Waals surface area contributed by atoms with Crippen LogP contribution in [0.3, 0.4) is 0 Å². The maximum Gasteiger partial charge on any atom is 0.338 e. The van der Waals surface area contributed by atoms with E-state index in [0.29, 0.717) is 16.6 Å². The van der Waals surface area contributed by atoms with Crippen LogP contribution >= 0.6 is 0 Å². The van der Waals surface area contributed by atoms with Gasteiger partial charge in [-0.1, -0.05) is 43.7 Å². The Labute approximate surface area is 176 Å². The summed E-state index contributed by atoms with van der Waals surface area (Å²) in [6.45, 7) is 7.41. The smallest absolute Gasteiger partial charge is 0.338 e. The molecule has 1 amide bonds. The minimum Gasteiger partial charge on any atom is -0.449 e. The second kappa shape index (κ2) is 9.48. The van der Waals surface area contributed by atoms with Crippen molar-refractivity contribution in [3.05, 3.63) is 71.0 Å². The van der Waals surface area contributed by atoms with Crippen molar-refractivity contribution in [2.24, 2.45) is 0 Å². The lowest BCUT2D eigenvalue weighted by atomic mass is 10.0. The van der Waals surface area contributed by atoms with Crippen LogP contribution in [0.4, 0.5) is 0 Å². The monoisotopic (exact) mass is 405 g/mol. The van der Waals surface area contributed by atoms with Gasteiger partial charge in [-0.25, -0.2) is 14.8 Å². The molecular formula is C24H27N3O3. The molecule has 30 heavy (non-hydrogen) atoms. The zero-order chi connectivity index (χ0) is 21.7. The van der Waals surface area contributed by atoms with Gasteiger partial charge in [0.1, 0.15) is 0 Å². The molecule has 1 N–H and O–H groups in total. The van der Waals surface area contributed by atoms with Gasteiger partial charge in [0.15, 0.2) is 6.10 Å². The van der Waals surface area contributed by atoms with E-state index >= 15 is 0 Å². The Morgan fingerprint density at radius 2 is 1.67 bits per heavy atom. The van der Waals surface area contributed by atoms with Crippen LogP contribution in [0.1, 0.15) is 60.0 Å². The molecular weight excluding hydrogens is 378 g/mol. The number of rotatable bonds is 7. The van der Waals surface area contributed by atoms with Crippen LogP contribution in [0.25, 0.3) is 11.0 Å². The normalized spacial score (nSPS) is 12.9. The van der Waals surface area contributed by atoms with Crippen molar-refractivity contribution in [3.8, 4) is 0 Å². The molecule has 0 aliphatic carbocycles. The molecule has 0 radical (unpaired) electrons. The fourth-order valence-electron chi connectivity index (χ4n) is 3.23. The number of amides is 1. The Hall–Kier alpha value is -3.28. The highest BCUT2D eigenvalue weighted by atomic mass is 16.5. The summed E-state index contributed by atoms with van der Waals surface area (Å²) in [6, 6.07) is 14.7. The van der Waals surface area contributed by atoms with E-state index in [4.69, 9.17) is 4.74 Å². The number of hydrogen-bond donors (Lipinski definition) is 1. The van der Waals surface area contributed by atoms with Gasteiger partial charge in [0.2, 0.25) is 0 Å². The third kappa shape index (κ3) is 5.00. The van der Waals surface area contributed by atoms with Gasteiger partial charge in [0.25, 0.3) is 5.91 Å². The number of nitrogens with one attached hydrogen (secondary N) is 1. The van der Waals surface area contributed by atoms with Crippen LogP contribution in [-0.4, -0.2) is 27.9 Å². The quantitative estimate of drug-likeness (QED) is 0.587. The molecule has 2 aromatic carbocycles. The number of aromatic nitrogens is 2. The molecule has 0 saturated heterocycles. The predicted octanol–water partition coefficient (Wildman–Crippen LogP) is 4.45. The van der Waals surface area contributed by atoms with Crippen LogP contribution in [-0.2, 0) is 9.53 Å². The summed E-state index contributed by atoms with van der Waals surface area (Å²) in [7, 11) is 0. The first-order valence-corrected chi connectivity index (χ1v) is 10.2. The number of esters is 1. The third-order valence-electron chi connectivity index (χ3n) is 5.06. The zero-order valence-corrected chi connectivity index (χ0v) is 17.8. The van der Waals surface area contributed by atoms with Crippen LogP contribution < -0.4 is 5.32 Å². The SMILES string of the molecule is CCC[C@@H](NC(=O)[C@H](C)OC(=O)c1ccc2nc(C)c(C)nc2c1)c1ccccc1. The number of fused-ring (bicyclic) bond motifs is 1. The van der Waals surface area contributed by atoms with Crippen molar-refractivity contribution in [1.82, 2.24) is 15.3 Å². The molecule has 156 valence electrons. The molecule has 1 aromatic heterocycles. The molecule has 2 atom stereocenters. The number of hydrogen-bond acceptors (Lipinski definition) is 5. The van der Waals surface area contributed by atoms with Gasteiger partial charge in [-0.2, -0.15) is 0 Å². The minimum absolute atomic E-state index is 0.119. The number of benzene rings is 2. The molecule has 0 spiro atoms. The maximum absolute atomic E-state index is 12.7. The largest absolute Gasteiger partial charge is 0.449 e. The average Bonchev–Trinajstić information content (AvgIpc) is 2.74. The standard InChI is InChI=1S/C24H27N3O3/c1-5-9-20(18-10-7-6-8-11-18)27-23(28)17(4)30-24(29)19-12-13-21-22(14-19)26-16(3)15(2)25-21/h6-8,10-14,17,20H,5,9H2,1-4H3,(H,27,28)/t17-,20+/m0/s1. The van der Waals surface area contributed by atoms with Crippen LogP contribution in [0, 0.1) is 13.8 Å². The maximum atomic E-state index is 12.7. The summed E-state index contributed by atoms with van der Waals surface area (Å²) in [6.07, 6.45) is 0.811. The second-order valence-corrected chi connectivity index (χ2v) is 7.41. The summed E-state index contributed by atoms with van der Waals surface area (Å²) in [5.74, 6) is -0.885. The Kier molecular flexibility index (Phi) is 6.77. The lowest BCUT2D eigenvalue weighted by Crippen LogP contribution is -2.38. The first kappa shape index (κ1) is 21.4. The van der Waals surface area contributed by atoms with Gasteiger partial charge >= 0.3 is 5.97 Å². The lowest BCUT2D eigenvalue weighted by Gasteiger charge is -2.21. The Morgan fingerprint density at radius 1 is 1.00 bits per heavy atom. The van der Waals surface area contributed by atoms with Crippen LogP contribution in [0.15, 0.2) is 48.5 Å². The number of nitrogens with zero attached hydrogens (tertiary/aromatic N) is 2. The second-order valence-electron chi connectivity index (χ2n) is 7.41. The Morgan fingerprint density at radius 3 is 2.33 bits per heavy atom. The van der Waals surface area contributed by atoms with E-state index in [1.165, 1.54) is 0 Å². The van der Waals surface area contributed by atoms with E-state index in [0.717, 1.165) is 29.8 Å². The van der Waals surface area contributed by atoms with E-state index in [1.807, 2.05) is 44.2 Å². The van der Waals surface area contributed by atoms with E-state index in [9.17, 15) is 9.59 Å². The van der Waals surface area contributed by atoms with Gasteiger partial charge in [-0.15, -0.1) is 0 Å². The average molecular weight is 405 g/mol. The number of ether oxygens (including phenoxy) is 1. The highest BCUT2D eigenvalue weighted by Crippen LogP contribution is 2.19. The molecule has 0 saturated carbocycles. The van der Waals surface area contributed by atoms with E-state index in [2.05, 4.69) is 22.2 Å². The molecule has 1 heterocycles. The molecule has 6 nitrogen and oxygen atoms in total. The zero-order valence-electron chi connectivity index (χ0n) is 17.8. The molecule has 3 rings (SSSR count). The summed E-state index contributed by atoms with van der Waals surface area (Å²) in [5.41, 5.74) is 4.37. The summed E-state index contributed by atoms with van der Waals surface area (Å²) in [4.78, 5) is 34.2. The number of aryl methyl sites for hydroxylation is 2. The summed E-state index contributed by atoms with van der Waals surface area (Å²) >= 11 is 0. The molecule has 0 unspecified atom stereocenters. The molecule has 6 heteroatoms. The number of carbonyl (C=O) groups excluding carboxylic acids is 2. The molecule has 0 bridgehead atoms. The van der Waals surface area contributed by atoms with E-state index < -0.39 is 12.1 Å². The molecule has 3 aromatic rings. The van der Waals surface area contributed by atoms with Crippen molar-refractivity contribution >= 4 is 22.9 Å². The van der Waals surface area contributed by atoms with Gasteiger partial charge in [-0.05, 0) is 51.0 Å². The van der Waals surface area contributed by atoms with Crippen molar-refractivity contribution in [2.75, 3.05) is 0 Å². The molecule has 0 fully saturated rings. The Bertz CT molecular complexity index is 1050. The van der Waals surface area contributed by atoms with Gasteiger partial charge in [-0.3, -0.25) is 4.79 Å². The van der Waals surface area contributed by atoms with Gasteiger partial charge < -0.3 is 10.1 Å². The Balaban J connectivity index is 1.69. The van der Waals surface area contributed by atoms with E-state index in [-0.39, 0.29) is 11.9 Å². The van der Waals surface area contributed by atoms with Crippen LogP contribution in [0.5, 0.6) is 0 Å². The van der Waals surface area contributed by atoms with Crippen molar-refractivity contribution in [1.29, 1.82) is 0 Å². The molecule has 0 aliphatic rings. The van der Waals surface area contributed by atoms with E-state index in [1.54, 1.807) is 25.1 Å². The molecule has 0 aliphatic heterocycles. The third-order valence-corrected chi connectivity index (χ3v) is 5.06. The van der Waals surface area contributed by atoms with Crippen LogP contribution in [0.2, 0.25) is 0 Å². The topological polar surface area (TPSA) is 81.2 Å². The lowest BCUT2D eigenvalue weighted by molar-refractivity contribution is -0.129. The first-order chi connectivity index (χ1) is 14.4. The minimum atomic E-state index is -0.915. The predicted molar refractivity (Wildman–Crippen MR) is 116 cm³/mol. The highest BCUT2D eigenvalue weighted by Gasteiger charge is 2.22.